The largest absolute Gasteiger partial charge is 0.497 e. The highest BCUT2D eigenvalue weighted by atomic mass is 16.6. The van der Waals surface area contributed by atoms with Gasteiger partial charge in [-0.05, 0) is 55.5 Å². The normalized spacial score (nSPS) is 26.7. The number of fused-ring (bicyclic) bond motifs is 4. The molecule has 0 radical (unpaired) electrons. The third kappa shape index (κ3) is 3.68. The maximum Gasteiger partial charge on any atom is 0.424 e. The first-order chi connectivity index (χ1) is 14.0. The van der Waals surface area contributed by atoms with E-state index < -0.39 is 12.2 Å². The van der Waals surface area contributed by atoms with Crippen molar-refractivity contribution in [1.82, 2.24) is 14.9 Å². The van der Waals surface area contributed by atoms with Crippen LogP contribution in [-0.2, 0) is 4.74 Å². The summed E-state index contributed by atoms with van der Waals surface area (Å²) in [5, 5.41) is 1.91. The predicted molar refractivity (Wildman–Crippen MR) is 111 cm³/mol. The molecule has 154 valence electrons. The summed E-state index contributed by atoms with van der Waals surface area (Å²) in [5.41, 5.74) is 1.77. The molecule has 0 aliphatic carbocycles. The van der Waals surface area contributed by atoms with Crippen molar-refractivity contribution in [2.75, 3.05) is 27.2 Å². The van der Waals surface area contributed by atoms with Crippen LogP contribution in [0.3, 0.4) is 0 Å². The van der Waals surface area contributed by atoms with Crippen LogP contribution in [0.5, 0.6) is 5.75 Å². The van der Waals surface area contributed by atoms with Gasteiger partial charge in [-0.3, -0.25) is 9.88 Å². The van der Waals surface area contributed by atoms with Crippen molar-refractivity contribution in [3.8, 4) is 5.75 Å². The molecule has 5 rings (SSSR count). The van der Waals surface area contributed by atoms with Crippen molar-refractivity contribution in [2.45, 2.75) is 25.0 Å². The van der Waals surface area contributed by atoms with Crippen LogP contribution in [0.2, 0.25) is 0 Å². The zero-order chi connectivity index (χ0) is 20.5. The Balaban J connectivity index is 1.77. The Morgan fingerprint density at radius 3 is 2.93 bits per heavy atom. The third-order valence-corrected chi connectivity index (χ3v) is 6.31. The zero-order valence-corrected chi connectivity index (χ0v) is 17.0. The third-order valence-electron chi connectivity index (χ3n) is 6.31. The Morgan fingerprint density at radius 1 is 1.45 bits per heavy atom. The Hall–Kier alpha value is -2.64. The van der Waals surface area contributed by atoms with Gasteiger partial charge in [-0.1, -0.05) is 6.08 Å². The molecule has 1 amide bonds. The van der Waals surface area contributed by atoms with Gasteiger partial charge in [-0.25, -0.2) is 15.6 Å². The van der Waals surface area contributed by atoms with Crippen molar-refractivity contribution >= 4 is 17.0 Å². The van der Waals surface area contributed by atoms with E-state index in [0.717, 1.165) is 53.2 Å². The number of hydrazine groups is 1. The summed E-state index contributed by atoms with van der Waals surface area (Å²) in [6.45, 7) is 5.95. The molecule has 5 atom stereocenters. The number of amides is 1. The lowest BCUT2D eigenvalue weighted by Crippen LogP contribution is -2.55. The van der Waals surface area contributed by atoms with E-state index in [-0.39, 0.29) is 6.04 Å². The van der Waals surface area contributed by atoms with Crippen molar-refractivity contribution < 1.29 is 14.3 Å². The molecule has 2 bridgehead atoms. The molecule has 3 aliphatic rings. The first-order valence-corrected chi connectivity index (χ1v) is 10.00. The van der Waals surface area contributed by atoms with E-state index in [1.807, 2.05) is 24.3 Å². The number of ether oxygens (including phenoxy) is 2. The first-order valence-electron chi connectivity index (χ1n) is 10.00. The molecule has 2 N–H and O–H groups in total. The lowest BCUT2D eigenvalue weighted by atomic mass is 9.73. The van der Waals surface area contributed by atoms with E-state index in [4.69, 9.17) is 15.3 Å². The topological polar surface area (TPSA) is 80.9 Å². The van der Waals surface area contributed by atoms with E-state index in [1.165, 1.54) is 7.05 Å². The number of benzene rings is 1. The number of aromatic nitrogens is 1. The predicted octanol–water partition coefficient (Wildman–Crippen LogP) is 3.12. The molecule has 3 aliphatic heterocycles. The monoisotopic (exact) mass is 396 g/mol. The van der Waals surface area contributed by atoms with E-state index in [2.05, 4.69) is 22.5 Å². The minimum absolute atomic E-state index is 0.0886. The average Bonchev–Trinajstić information content (AvgIpc) is 2.76. The van der Waals surface area contributed by atoms with Crippen molar-refractivity contribution in [1.29, 1.82) is 0 Å². The van der Waals surface area contributed by atoms with Crippen molar-refractivity contribution in [3.05, 3.63) is 48.7 Å². The maximum atomic E-state index is 12.5. The molecule has 1 aromatic carbocycles. The SMILES string of the molecule is C=CC1CN2CCC1CC2[C@H](OC(=O)N(C)N)c1ccnc2ccc(OC)cc12. The van der Waals surface area contributed by atoms with Gasteiger partial charge in [0.2, 0.25) is 0 Å². The number of piperidine rings is 3. The standard InChI is InChI=1S/C22H28N4O3/c1-4-14-13-26-10-8-15(14)11-20(26)21(29-22(27)25(2)23)17-7-9-24-19-6-5-16(28-3)12-18(17)19/h4-7,9,12,14-15,20-21H,1,8,10-11,13,23H2,2-3H3/t14?,15?,20?,21-/m1/s1. The van der Waals surface area contributed by atoms with Gasteiger partial charge in [0.1, 0.15) is 11.9 Å². The summed E-state index contributed by atoms with van der Waals surface area (Å²) in [4.78, 5) is 19.4. The van der Waals surface area contributed by atoms with Gasteiger partial charge >= 0.3 is 6.09 Å². The summed E-state index contributed by atoms with van der Waals surface area (Å²) in [7, 11) is 3.13. The minimum atomic E-state index is -0.550. The van der Waals surface area contributed by atoms with E-state index in [1.54, 1.807) is 13.3 Å². The fourth-order valence-electron chi connectivity index (χ4n) is 4.75. The van der Waals surface area contributed by atoms with Crippen LogP contribution in [-0.4, -0.2) is 54.3 Å². The van der Waals surface area contributed by atoms with E-state index in [0.29, 0.717) is 11.8 Å². The maximum absolute atomic E-state index is 12.5. The number of carbonyl (C=O) groups excluding carboxylic acids is 1. The molecular formula is C22H28N4O3. The van der Waals surface area contributed by atoms with Crippen LogP contribution in [0, 0.1) is 11.8 Å². The first kappa shape index (κ1) is 19.7. The average molecular weight is 396 g/mol. The summed E-state index contributed by atoms with van der Waals surface area (Å²) in [6, 6.07) is 7.78. The Morgan fingerprint density at radius 2 is 2.28 bits per heavy atom. The highest BCUT2D eigenvalue weighted by Crippen LogP contribution is 2.43. The number of hydrogen-bond donors (Lipinski definition) is 1. The molecule has 0 saturated carbocycles. The van der Waals surface area contributed by atoms with Crippen LogP contribution >= 0.6 is 0 Å². The molecule has 2 aromatic rings. The summed E-state index contributed by atoms with van der Waals surface area (Å²) in [5.74, 6) is 7.46. The minimum Gasteiger partial charge on any atom is -0.497 e. The van der Waals surface area contributed by atoms with E-state index in [9.17, 15) is 4.79 Å². The number of nitrogens with zero attached hydrogens (tertiary/aromatic N) is 3. The highest BCUT2D eigenvalue weighted by molar-refractivity contribution is 5.84. The number of carbonyl (C=O) groups is 1. The second-order valence-corrected chi connectivity index (χ2v) is 7.94. The smallest absolute Gasteiger partial charge is 0.424 e. The van der Waals surface area contributed by atoms with Crippen molar-refractivity contribution in [2.24, 2.45) is 17.7 Å². The number of nitrogens with two attached hydrogens (primary N) is 1. The van der Waals surface area contributed by atoms with Gasteiger partial charge < -0.3 is 9.47 Å². The molecule has 0 spiro atoms. The van der Waals surface area contributed by atoms with Gasteiger partial charge in [-0.2, -0.15) is 0 Å². The summed E-state index contributed by atoms with van der Waals surface area (Å²) >= 11 is 0. The lowest BCUT2D eigenvalue weighted by Gasteiger charge is -2.51. The Labute approximate surface area is 171 Å². The quantitative estimate of drug-likeness (QED) is 0.362. The molecule has 7 heteroatoms. The van der Waals surface area contributed by atoms with Crippen LogP contribution in [0.1, 0.15) is 24.5 Å². The fourth-order valence-corrected chi connectivity index (χ4v) is 4.75. The Kier molecular flexibility index (Phi) is 5.43. The summed E-state index contributed by atoms with van der Waals surface area (Å²) in [6.07, 6.45) is 4.94. The number of pyridine rings is 1. The van der Waals surface area contributed by atoms with Gasteiger partial charge in [0.05, 0.1) is 18.7 Å². The molecule has 29 heavy (non-hydrogen) atoms. The fraction of sp³-hybridized carbons (Fsp3) is 0.455. The van der Waals surface area contributed by atoms with Gasteiger partial charge in [0.15, 0.2) is 0 Å². The van der Waals surface area contributed by atoms with Gasteiger partial charge in [0, 0.05) is 30.7 Å². The highest BCUT2D eigenvalue weighted by Gasteiger charge is 2.44. The Bertz CT molecular complexity index is 916. The van der Waals surface area contributed by atoms with E-state index >= 15 is 0 Å². The summed E-state index contributed by atoms with van der Waals surface area (Å²) < 4.78 is 11.4. The van der Waals surface area contributed by atoms with Crippen LogP contribution in [0.4, 0.5) is 4.79 Å². The molecule has 7 nitrogen and oxygen atoms in total. The second-order valence-electron chi connectivity index (χ2n) is 7.94. The molecule has 4 heterocycles. The molecule has 3 saturated heterocycles. The number of rotatable bonds is 5. The van der Waals surface area contributed by atoms with Crippen LogP contribution in [0.15, 0.2) is 43.1 Å². The number of methoxy groups -OCH3 is 1. The molecule has 4 unspecified atom stereocenters. The number of hydrogen-bond acceptors (Lipinski definition) is 6. The molecular weight excluding hydrogens is 368 g/mol. The van der Waals surface area contributed by atoms with Crippen LogP contribution in [0.25, 0.3) is 10.9 Å². The van der Waals surface area contributed by atoms with Crippen molar-refractivity contribution in [3.63, 3.8) is 0 Å². The zero-order valence-electron chi connectivity index (χ0n) is 17.0. The lowest BCUT2D eigenvalue weighted by molar-refractivity contribution is -0.0551. The van der Waals surface area contributed by atoms with Gasteiger partial charge in [-0.15, -0.1) is 6.58 Å². The van der Waals surface area contributed by atoms with Gasteiger partial charge in [0.25, 0.3) is 0 Å². The molecule has 3 fully saturated rings. The second kappa shape index (κ2) is 8.00. The van der Waals surface area contributed by atoms with Crippen LogP contribution < -0.4 is 10.6 Å². The molecule has 1 aromatic heterocycles.